The maximum atomic E-state index is 11.6. The highest BCUT2D eigenvalue weighted by Gasteiger charge is 2.12. The largest absolute Gasteiger partial charge is 0.493 e. The van der Waals surface area contributed by atoms with E-state index < -0.39 is 0 Å². The van der Waals surface area contributed by atoms with Crippen molar-refractivity contribution >= 4 is 6.29 Å². The zero-order valence-electron chi connectivity index (χ0n) is 23.7. The number of ether oxygens (including phenoxy) is 2. The third-order valence-electron chi connectivity index (χ3n) is 7.00. The van der Waals surface area contributed by atoms with Gasteiger partial charge in [0.1, 0.15) is 11.5 Å². The van der Waals surface area contributed by atoms with E-state index in [1.54, 1.807) is 12.1 Å². The van der Waals surface area contributed by atoms with E-state index in [9.17, 15) is 9.90 Å². The van der Waals surface area contributed by atoms with Crippen molar-refractivity contribution in [3.05, 3.63) is 23.3 Å². The van der Waals surface area contributed by atoms with Gasteiger partial charge in [-0.3, -0.25) is 4.79 Å². The van der Waals surface area contributed by atoms with E-state index in [4.69, 9.17) is 9.47 Å². The van der Waals surface area contributed by atoms with Crippen LogP contribution < -0.4 is 9.47 Å². The molecule has 4 heteroatoms. The Labute approximate surface area is 222 Å². The van der Waals surface area contributed by atoms with Gasteiger partial charge in [-0.15, -0.1) is 0 Å². The highest BCUT2D eigenvalue weighted by molar-refractivity contribution is 5.80. The number of hydrogen-bond donors (Lipinski definition) is 1. The predicted octanol–water partition coefficient (Wildman–Crippen LogP) is 9.59. The number of carbonyl (C=O) groups excluding carboxylic acids is 1. The van der Waals surface area contributed by atoms with Crippen LogP contribution in [0.5, 0.6) is 11.5 Å². The van der Waals surface area contributed by atoms with Crippen molar-refractivity contribution in [2.24, 2.45) is 0 Å². The van der Waals surface area contributed by atoms with E-state index in [1.807, 2.05) is 0 Å². The van der Waals surface area contributed by atoms with Crippen molar-refractivity contribution < 1.29 is 19.4 Å². The van der Waals surface area contributed by atoms with Crippen molar-refractivity contribution in [1.29, 1.82) is 0 Å². The molecule has 0 spiro atoms. The van der Waals surface area contributed by atoms with Crippen molar-refractivity contribution in [1.82, 2.24) is 0 Å². The molecule has 1 aromatic carbocycles. The second-order valence-electron chi connectivity index (χ2n) is 10.3. The van der Waals surface area contributed by atoms with Crippen LogP contribution in [0.1, 0.15) is 158 Å². The van der Waals surface area contributed by atoms with E-state index in [-0.39, 0.29) is 6.61 Å². The molecular weight excluding hydrogens is 448 g/mol. The molecule has 0 radical (unpaired) electrons. The monoisotopic (exact) mass is 504 g/mol. The highest BCUT2D eigenvalue weighted by Crippen LogP contribution is 2.29. The van der Waals surface area contributed by atoms with Crippen molar-refractivity contribution in [3.63, 3.8) is 0 Å². The molecule has 0 bridgehead atoms. The van der Waals surface area contributed by atoms with E-state index in [0.29, 0.717) is 35.8 Å². The number of aldehydes is 1. The van der Waals surface area contributed by atoms with Crippen molar-refractivity contribution in [2.45, 2.75) is 149 Å². The second-order valence-corrected chi connectivity index (χ2v) is 10.3. The molecule has 4 nitrogen and oxygen atoms in total. The molecule has 0 aliphatic rings. The lowest BCUT2D eigenvalue weighted by Gasteiger charge is -2.15. The van der Waals surface area contributed by atoms with Crippen LogP contribution in [0.2, 0.25) is 0 Å². The molecule has 0 saturated carbocycles. The molecule has 1 aromatic rings. The Hall–Kier alpha value is -1.55. The molecule has 0 atom stereocenters. The standard InChI is InChI=1S/C32H56O4/c1-3-5-7-9-11-13-15-17-19-21-23-35-31-25-30(28-34)32(26-29(31)27-33)36-24-22-20-18-16-14-12-10-8-6-4-2/h25-27,34H,3-24,28H2,1-2H3. The summed E-state index contributed by atoms with van der Waals surface area (Å²) in [6.07, 6.45) is 26.4. The van der Waals surface area contributed by atoms with Gasteiger partial charge in [0.2, 0.25) is 0 Å². The van der Waals surface area contributed by atoms with E-state index >= 15 is 0 Å². The number of unbranched alkanes of at least 4 members (excludes halogenated alkanes) is 18. The van der Waals surface area contributed by atoms with Gasteiger partial charge in [0.05, 0.1) is 25.4 Å². The van der Waals surface area contributed by atoms with Crippen LogP contribution in [0.15, 0.2) is 12.1 Å². The number of benzene rings is 1. The van der Waals surface area contributed by atoms with Crippen molar-refractivity contribution in [2.75, 3.05) is 13.2 Å². The maximum Gasteiger partial charge on any atom is 0.153 e. The molecule has 0 amide bonds. The molecule has 208 valence electrons. The zero-order chi connectivity index (χ0) is 26.1. The first-order chi connectivity index (χ1) is 17.8. The summed E-state index contributed by atoms with van der Waals surface area (Å²) in [7, 11) is 0. The summed E-state index contributed by atoms with van der Waals surface area (Å²) in [6, 6.07) is 3.50. The Bertz CT molecular complexity index is 643. The Morgan fingerprint density at radius 2 is 0.972 bits per heavy atom. The van der Waals surface area contributed by atoms with Gasteiger partial charge < -0.3 is 14.6 Å². The third-order valence-corrected chi connectivity index (χ3v) is 7.00. The molecule has 0 unspecified atom stereocenters. The topological polar surface area (TPSA) is 55.8 Å². The van der Waals surface area contributed by atoms with Gasteiger partial charge in [0, 0.05) is 5.56 Å². The van der Waals surface area contributed by atoms with E-state index in [2.05, 4.69) is 13.8 Å². The molecule has 0 heterocycles. The Morgan fingerprint density at radius 1 is 0.583 bits per heavy atom. The summed E-state index contributed by atoms with van der Waals surface area (Å²) in [5, 5.41) is 9.82. The minimum absolute atomic E-state index is 0.124. The molecular formula is C32H56O4. The van der Waals surface area contributed by atoms with Crippen LogP contribution in [0.4, 0.5) is 0 Å². The van der Waals surface area contributed by atoms with Gasteiger partial charge >= 0.3 is 0 Å². The van der Waals surface area contributed by atoms with Gasteiger partial charge in [-0.2, -0.15) is 0 Å². The van der Waals surface area contributed by atoms with Gasteiger partial charge in [0.25, 0.3) is 0 Å². The van der Waals surface area contributed by atoms with Gasteiger partial charge in [-0.1, -0.05) is 129 Å². The lowest BCUT2D eigenvalue weighted by molar-refractivity contribution is 0.111. The lowest BCUT2D eigenvalue weighted by Crippen LogP contribution is -2.05. The van der Waals surface area contributed by atoms with Crippen LogP contribution in [-0.4, -0.2) is 24.6 Å². The molecule has 0 aromatic heterocycles. The Morgan fingerprint density at radius 3 is 1.36 bits per heavy atom. The van der Waals surface area contributed by atoms with Crippen LogP contribution >= 0.6 is 0 Å². The first-order valence-electron chi connectivity index (χ1n) is 15.2. The number of carbonyl (C=O) groups is 1. The smallest absolute Gasteiger partial charge is 0.153 e. The number of aliphatic hydroxyl groups is 1. The third kappa shape index (κ3) is 16.2. The normalized spacial score (nSPS) is 11.1. The van der Waals surface area contributed by atoms with Gasteiger partial charge in [-0.05, 0) is 25.0 Å². The Kier molecular flexibility index (Phi) is 21.5. The predicted molar refractivity (Wildman–Crippen MR) is 152 cm³/mol. The average Bonchev–Trinajstić information content (AvgIpc) is 2.90. The van der Waals surface area contributed by atoms with Crippen LogP contribution in [0.3, 0.4) is 0 Å². The van der Waals surface area contributed by atoms with Gasteiger partial charge in [0.15, 0.2) is 6.29 Å². The summed E-state index contributed by atoms with van der Waals surface area (Å²) in [6.45, 7) is 5.60. The first-order valence-corrected chi connectivity index (χ1v) is 15.2. The Balaban J connectivity index is 2.24. The summed E-state index contributed by atoms with van der Waals surface area (Å²) in [5.41, 5.74) is 1.18. The van der Waals surface area contributed by atoms with Crippen LogP contribution in [-0.2, 0) is 6.61 Å². The summed E-state index contributed by atoms with van der Waals surface area (Å²) in [5.74, 6) is 1.15. The quantitative estimate of drug-likeness (QED) is 0.101. The molecule has 0 saturated heterocycles. The summed E-state index contributed by atoms with van der Waals surface area (Å²) < 4.78 is 11.8. The maximum absolute atomic E-state index is 11.6. The zero-order valence-corrected chi connectivity index (χ0v) is 23.7. The number of aliphatic hydroxyl groups excluding tert-OH is 1. The number of rotatable bonds is 26. The van der Waals surface area contributed by atoms with Gasteiger partial charge in [-0.25, -0.2) is 0 Å². The molecule has 0 aliphatic heterocycles. The fraction of sp³-hybridized carbons (Fsp3) is 0.781. The average molecular weight is 505 g/mol. The molecule has 36 heavy (non-hydrogen) atoms. The summed E-state index contributed by atoms with van der Waals surface area (Å²) in [4.78, 5) is 11.6. The summed E-state index contributed by atoms with van der Waals surface area (Å²) >= 11 is 0. The fourth-order valence-corrected chi connectivity index (χ4v) is 4.64. The van der Waals surface area contributed by atoms with Crippen LogP contribution in [0, 0.1) is 0 Å². The molecule has 1 rings (SSSR count). The highest BCUT2D eigenvalue weighted by atomic mass is 16.5. The number of hydrogen-bond acceptors (Lipinski definition) is 4. The molecule has 1 N–H and O–H groups in total. The second kappa shape index (κ2) is 23.8. The fourth-order valence-electron chi connectivity index (χ4n) is 4.64. The van der Waals surface area contributed by atoms with Crippen LogP contribution in [0.25, 0.3) is 0 Å². The first kappa shape index (κ1) is 32.5. The lowest BCUT2D eigenvalue weighted by atomic mass is 10.1. The van der Waals surface area contributed by atoms with E-state index in [1.165, 1.54) is 103 Å². The van der Waals surface area contributed by atoms with E-state index in [0.717, 1.165) is 32.0 Å². The van der Waals surface area contributed by atoms with Crippen molar-refractivity contribution in [3.8, 4) is 11.5 Å². The minimum Gasteiger partial charge on any atom is -0.493 e. The molecule has 0 aliphatic carbocycles. The SMILES string of the molecule is CCCCCCCCCCCCOc1cc(CO)c(OCCCCCCCCCCCC)cc1C=O. The minimum atomic E-state index is -0.124. The molecule has 0 fully saturated rings.